The average Bonchev–Trinajstić information content (AvgIpc) is 3.06. The van der Waals surface area contributed by atoms with Crippen LogP contribution in [0.4, 0.5) is 17.5 Å². The number of aromatic nitrogens is 2. The molecule has 3 rings (SSSR count). The SMILES string of the molecule is Cc1cc(Nc2ccc(C(=O)O)cc2)nc(NCc2ccco2)n1. The Morgan fingerprint density at radius 2 is 2.00 bits per heavy atom. The molecule has 0 saturated carbocycles. The fourth-order valence-electron chi connectivity index (χ4n) is 2.13. The predicted octanol–water partition coefficient (Wildman–Crippen LogP) is 3.43. The van der Waals surface area contributed by atoms with Gasteiger partial charge in [0.1, 0.15) is 11.6 Å². The smallest absolute Gasteiger partial charge is 0.335 e. The lowest BCUT2D eigenvalue weighted by molar-refractivity contribution is 0.0697. The van der Waals surface area contributed by atoms with Crippen LogP contribution in [0.5, 0.6) is 0 Å². The summed E-state index contributed by atoms with van der Waals surface area (Å²) < 4.78 is 5.26. The van der Waals surface area contributed by atoms with Gasteiger partial charge in [-0.1, -0.05) is 0 Å². The maximum absolute atomic E-state index is 10.9. The number of hydrogen-bond donors (Lipinski definition) is 3. The van der Waals surface area contributed by atoms with E-state index in [0.29, 0.717) is 18.3 Å². The number of rotatable bonds is 6. The molecule has 0 unspecified atom stereocenters. The number of nitrogens with zero attached hydrogens (tertiary/aromatic N) is 2. The number of aryl methyl sites for hydroxylation is 1. The zero-order valence-corrected chi connectivity index (χ0v) is 13.0. The highest BCUT2D eigenvalue weighted by Crippen LogP contribution is 2.18. The van der Waals surface area contributed by atoms with Gasteiger partial charge in [-0.2, -0.15) is 4.98 Å². The monoisotopic (exact) mass is 324 g/mol. The Morgan fingerprint density at radius 1 is 1.21 bits per heavy atom. The number of hydrogen-bond acceptors (Lipinski definition) is 6. The molecule has 1 aromatic carbocycles. The van der Waals surface area contributed by atoms with Crippen LogP contribution in [-0.4, -0.2) is 21.0 Å². The number of carbonyl (C=O) groups is 1. The molecule has 2 heterocycles. The number of aromatic carboxylic acids is 1. The van der Waals surface area contributed by atoms with Gasteiger partial charge in [-0.3, -0.25) is 0 Å². The lowest BCUT2D eigenvalue weighted by atomic mass is 10.2. The maximum Gasteiger partial charge on any atom is 0.335 e. The third-order valence-corrected chi connectivity index (χ3v) is 3.26. The summed E-state index contributed by atoms with van der Waals surface area (Å²) in [5.41, 5.74) is 1.78. The van der Waals surface area contributed by atoms with E-state index in [1.54, 1.807) is 18.4 Å². The van der Waals surface area contributed by atoms with Gasteiger partial charge < -0.3 is 20.2 Å². The summed E-state index contributed by atoms with van der Waals surface area (Å²) >= 11 is 0. The molecule has 24 heavy (non-hydrogen) atoms. The molecular weight excluding hydrogens is 308 g/mol. The van der Waals surface area contributed by atoms with Gasteiger partial charge in [0.05, 0.1) is 18.4 Å². The van der Waals surface area contributed by atoms with Crippen LogP contribution in [0.1, 0.15) is 21.8 Å². The Kier molecular flexibility index (Phi) is 4.42. The van der Waals surface area contributed by atoms with Crippen LogP contribution in [-0.2, 0) is 6.54 Å². The molecule has 0 spiro atoms. The van der Waals surface area contributed by atoms with Crippen molar-refractivity contribution in [3.05, 3.63) is 65.7 Å². The van der Waals surface area contributed by atoms with Crippen molar-refractivity contribution < 1.29 is 14.3 Å². The first-order valence-corrected chi connectivity index (χ1v) is 7.32. The minimum atomic E-state index is -0.955. The third kappa shape index (κ3) is 3.89. The fourth-order valence-corrected chi connectivity index (χ4v) is 2.13. The molecule has 3 aromatic rings. The summed E-state index contributed by atoms with van der Waals surface area (Å²) in [7, 11) is 0. The quantitative estimate of drug-likeness (QED) is 0.638. The first kappa shape index (κ1) is 15.5. The molecule has 122 valence electrons. The zero-order valence-electron chi connectivity index (χ0n) is 13.0. The van der Waals surface area contributed by atoms with Crippen molar-refractivity contribution in [2.24, 2.45) is 0 Å². The van der Waals surface area contributed by atoms with Crippen molar-refractivity contribution in [3.63, 3.8) is 0 Å². The molecule has 0 saturated heterocycles. The molecule has 0 aliphatic heterocycles. The molecule has 2 aromatic heterocycles. The largest absolute Gasteiger partial charge is 0.478 e. The molecule has 0 radical (unpaired) electrons. The normalized spacial score (nSPS) is 10.4. The predicted molar refractivity (Wildman–Crippen MR) is 89.5 cm³/mol. The van der Waals surface area contributed by atoms with Gasteiger partial charge in [-0.15, -0.1) is 0 Å². The Bertz CT molecular complexity index is 830. The van der Waals surface area contributed by atoms with E-state index in [1.165, 1.54) is 12.1 Å². The molecule has 0 amide bonds. The summed E-state index contributed by atoms with van der Waals surface area (Å²) in [6, 6.07) is 12.0. The van der Waals surface area contributed by atoms with E-state index in [1.807, 2.05) is 25.1 Å². The highest BCUT2D eigenvalue weighted by molar-refractivity contribution is 5.88. The molecule has 0 aliphatic carbocycles. The lowest BCUT2D eigenvalue weighted by Crippen LogP contribution is -2.06. The van der Waals surface area contributed by atoms with Gasteiger partial charge in [0, 0.05) is 17.4 Å². The minimum absolute atomic E-state index is 0.236. The second-order valence-electron chi connectivity index (χ2n) is 5.16. The van der Waals surface area contributed by atoms with Crippen molar-refractivity contribution >= 4 is 23.4 Å². The standard InChI is InChI=1S/C17H16N4O3/c1-11-9-15(20-13-6-4-12(5-7-13)16(22)23)21-17(19-11)18-10-14-3-2-8-24-14/h2-9H,10H2,1H3,(H,22,23)(H2,18,19,20,21). The average molecular weight is 324 g/mol. The summed E-state index contributed by atoms with van der Waals surface area (Å²) in [5.74, 6) is 0.936. The van der Waals surface area contributed by atoms with Crippen LogP contribution in [0, 0.1) is 6.92 Å². The maximum atomic E-state index is 10.9. The second-order valence-corrected chi connectivity index (χ2v) is 5.16. The second kappa shape index (κ2) is 6.82. The summed E-state index contributed by atoms with van der Waals surface area (Å²) in [6.45, 7) is 2.36. The fraction of sp³-hybridized carbons (Fsp3) is 0.118. The molecular formula is C17H16N4O3. The number of benzene rings is 1. The molecule has 7 nitrogen and oxygen atoms in total. The van der Waals surface area contributed by atoms with E-state index in [4.69, 9.17) is 9.52 Å². The number of carboxylic acids is 1. The summed E-state index contributed by atoms with van der Waals surface area (Å²) in [4.78, 5) is 19.6. The van der Waals surface area contributed by atoms with Crippen LogP contribution >= 0.6 is 0 Å². The van der Waals surface area contributed by atoms with Gasteiger partial charge in [0.2, 0.25) is 5.95 Å². The Morgan fingerprint density at radius 3 is 2.67 bits per heavy atom. The van der Waals surface area contributed by atoms with Crippen molar-refractivity contribution in [3.8, 4) is 0 Å². The van der Waals surface area contributed by atoms with Gasteiger partial charge in [-0.05, 0) is 43.3 Å². The first-order chi connectivity index (χ1) is 11.6. The Hall–Kier alpha value is -3.35. The van der Waals surface area contributed by atoms with Crippen LogP contribution < -0.4 is 10.6 Å². The Balaban J connectivity index is 1.72. The van der Waals surface area contributed by atoms with E-state index >= 15 is 0 Å². The van der Waals surface area contributed by atoms with Gasteiger partial charge in [0.15, 0.2) is 0 Å². The van der Waals surface area contributed by atoms with Crippen molar-refractivity contribution in [1.82, 2.24) is 9.97 Å². The minimum Gasteiger partial charge on any atom is -0.478 e. The molecule has 7 heteroatoms. The van der Waals surface area contributed by atoms with E-state index in [-0.39, 0.29) is 5.56 Å². The number of carboxylic acid groups (broad SMARTS) is 1. The number of nitrogens with one attached hydrogen (secondary N) is 2. The topological polar surface area (TPSA) is 100 Å². The van der Waals surface area contributed by atoms with E-state index in [0.717, 1.165) is 17.1 Å². The zero-order chi connectivity index (χ0) is 16.9. The summed E-state index contributed by atoms with van der Waals surface area (Å²) in [5, 5.41) is 15.2. The Labute approximate surface area is 138 Å². The van der Waals surface area contributed by atoms with E-state index in [9.17, 15) is 4.79 Å². The van der Waals surface area contributed by atoms with Gasteiger partial charge in [-0.25, -0.2) is 9.78 Å². The third-order valence-electron chi connectivity index (χ3n) is 3.26. The molecule has 0 bridgehead atoms. The molecule has 0 aliphatic rings. The van der Waals surface area contributed by atoms with E-state index < -0.39 is 5.97 Å². The van der Waals surface area contributed by atoms with E-state index in [2.05, 4.69) is 20.6 Å². The van der Waals surface area contributed by atoms with Crippen molar-refractivity contribution in [2.45, 2.75) is 13.5 Å². The van der Waals surface area contributed by atoms with Crippen LogP contribution in [0.25, 0.3) is 0 Å². The highest BCUT2D eigenvalue weighted by atomic mass is 16.4. The molecule has 3 N–H and O–H groups in total. The van der Waals surface area contributed by atoms with Crippen LogP contribution in [0.15, 0.2) is 53.1 Å². The lowest BCUT2D eigenvalue weighted by Gasteiger charge is -2.09. The number of furan rings is 1. The van der Waals surface area contributed by atoms with Crippen LogP contribution in [0.2, 0.25) is 0 Å². The molecule has 0 atom stereocenters. The first-order valence-electron chi connectivity index (χ1n) is 7.32. The highest BCUT2D eigenvalue weighted by Gasteiger charge is 2.05. The number of anilines is 3. The van der Waals surface area contributed by atoms with Gasteiger partial charge >= 0.3 is 5.97 Å². The van der Waals surface area contributed by atoms with Crippen LogP contribution in [0.3, 0.4) is 0 Å². The van der Waals surface area contributed by atoms with Crippen molar-refractivity contribution in [2.75, 3.05) is 10.6 Å². The summed E-state index contributed by atoms with van der Waals surface area (Å²) in [6.07, 6.45) is 1.61. The van der Waals surface area contributed by atoms with Gasteiger partial charge in [0.25, 0.3) is 0 Å². The van der Waals surface area contributed by atoms with Crippen molar-refractivity contribution in [1.29, 1.82) is 0 Å². The molecule has 0 fully saturated rings.